The minimum atomic E-state index is 0.404. The molecule has 0 saturated carbocycles. The van der Waals surface area contributed by atoms with Crippen molar-refractivity contribution >= 4 is 5.57 Å². The van der Waals surface area contributed by atoms with Gasteiger partial charge in [-0.25, -0.2) is 0 Å². The van der Waals surface area contributed by atoms with E-state index in [1.807, 2.05) is 6.07 Å². The summed E-state index contributed by atoms with van der Waals surface area (Å²) in [4.78, 5) is 0. The number of fused-ring (bicyclic) bond motifs is 1. The third kappa shape index (κ3) is 2.23. The van der Waals surface area contributed by atoms with Crippen LogP contribution in [0.1, 0.15) is 22.6 Å². The summed E-state index contributed by atoms with van der Waals surface area (Å²) in [5, 5.41) is 0. The van der Waals surface area contributed by atoms with E-state index in [2.05, 4.69) is 48.5 Å². The van der Waals surface area contributed by atoms with Gasteiger partial charge in [-0.2, -0.15) is 0 Å². The first-order valence-corrected chi connectivity index (χ1v) is 6.96. The Bertz CT molecular complexity index is 631. The zero-order valence-electron chi connectivity index (χ0n) is 11.7. The first kappa shape index (κ1) is 12.9. The van der Waals surface area contributed by atoms with E-state index in [0.717, 1.165) is 12.2 Å². The molecule has 0 radical (unpaired) electrons. The molecule has 1 aliphatic rings. The van der Waals surface area contributed by atoms with Crippen LogP contribution in [0.15, 0.2) is 54.6 Å². The van der Waals surface area contributed by atoms with E-state index in [0.29, 0.717) is 12.5 Å². The highest BCUT2D eigenvalue weighted by molar-refractivity contribution is 5.79. The van der Waals surface area contributed by atoms with Gasteiger partial charge in [0.25, 0.3) is 0 Å². The van der Waals surface area contributed by atoms with E-state index in [9.17, 15) is 0 Å². The predicted octanol–water partition coefficient (Wildman–Crippen LogP) is 3.38. The zero-order chi connectivity index (χ0) is 13.9. The number of hydrogen-bond acceptors (Lipinski definition) is 2. The first-order valence-electron chi connectivity index (χ1n) is 6.96. The second-order valence-corrected chi connectivity index (χ2v) is 5.09. The summed E-state index contributed by atoms with van der Waals surface area (Å²) < 4.78 is 5.35. The Hall–Kier alpha value is -2.06. The molecular formula is C18H19NO. The molecule has 2 heteroatoms. The fourth-order valence-corrected chi connectivity index (χ4v) is 3.01. The summed E-state index contributed by atoms with van der Waals surface area (Å²) in [7, 11) is 1.71. The normalized spacial score (nSPS) is 19.1. The fraction of sp³-hybridized carbons (Fsp3) is 0.222. The summed E-state index contributed by atoms with van der Waals surface area (Å²) in [5.74, 6) is 1.31. The molecule has 0 fully saturated rings. The van der Waals surface area contributed by atoms with Gasteiger partial charge in [0, 0.05) is 12.5 Å². The number of rotatable bonds is 3. The predicted molar refractivity (Wildman–Crippen MR) is 82.9 cm³/mol. The van der Waals surface area contributed by atoms with Crippen molar-refractivity contribution in [2.75, 3.05) is 13.7 Å². The molecule has 1 atom stereocenters. The van der Waals surface area contributed by atoms with Crippen molar-refractivity contribution in [3.8, 4) is 5.75 Å². The lowest BCUT2D eigenvalue weighted by Crippen LogP contribution is -2.01. The molecule has 2 aromatic rings. The van der Waals surface area contributed by atoms with Crippen molar-refractivity contribution < 1.29 is 4.74 Å². The van der Waals surface area contributed by atoms with Crippen LogP contribution < -0.4 is 10.5 Å². The molecule has 0 heterocycles. The van der Waals surface area contributed by atoms with Gasteiger partial charge in [0.2, 0.25) is 0 Å². The Morgan fingerprint density at radius 2 is 2.00 bits per heavy atom. The maximum atomic E-state index is 5.77. The lowest BCUT2D eigenvalue weighted by Gasteiger charge is -2.13. The largest absolute Gasteiger partial charge is 0.497 e. The average Bonchev–Trinajstić information content (AvgIpc) is 2.86. The van der Waals surface area contributed by atoms with Crippen molar-refractivity contribution in [3.63, 3.8) is 0 Å². The minimum absolute atomic E-state index is 0.404. The van der Waals surface area contributed by atoms with Crippen molar-refractivity contribution in [2.24, 2.45) is 5.73 Å². The highest BCUT2D eigenvalue weighted by Crippen LogP contribution is 2.44. The molecule has 1 unspecified atom stereocenters. The van der Waals surface area contributed by atoms with Crippen LogP contribution in [-0.2, 0) is 6.42 Å². The van der Waals surface area contributed by atoms with E-state index in [1.54, 1.807) is 7.11 Å². The molecular weight excluding hydrogens is 246 g/mol. The molecule has 3 rings (SSSR count). The second kappa shape index (κ2) is 5.51. The fourth-order valence-electron chi connectivity index (χ4n) is 3.01. The zero-order valence-corrected chi connectivity index (χ0v) is 11.7. The van der Waals surface area contributed by atoms with Crippen LogP contribution in [0.3, 0.4) is 0 Å². The maximum absolute atomic E-state index is 5.77. The number of allylic oxidation sites excluding steroid dienone is 1. The van der Waals surface area contributed by atoms with E-state index in [4.69, 9.17) is 10.5 Å². The molecule has 1 aliphatic carbocycles. The monoisotopic (exact) mass is 265 g/mol. The Balaban J connectivity index is 2.06. The third-order valence-corrected chi connectivity index (χ3v) is 3.97. The molecule has 0 bridgehead atoms. The molecule has 2 N–H and O–H groups in total. The van der Waals surface area contributed by atoms with Crippen LogP contribution in [0.5, 0.6) is 5.75 Å². The van der Waals surface area contributed by atoms with Crippen LogP contribution in [0.2, 0.25) is 0 Å². The van der Waals surface area contributed by atoms with Gasteiger partial charge < -0.3 is 10.5 Å². The van der Waals surface area contributed by atoms with Crippen LogP contribution in [-0.4, -0.2) is 13.7 Å². The van der Waals surface area contributed by atoms with Crippen LogP contribution in [0.4, 0.5) is 0 Å². The molecule has 0 aromatic heterocycles. The summed E-state index contributed by atoms with van der Waals surface area (Å²) in [6.07, 6.45) is 3.18. The van der Waals surface area contributed by atoms with Gasteiger partial charge in [-0.1, -0.05) is 42.5 Å². The topological polar surface area (TPSA) is 35.2 Å². The molecule has 0 aliphatic heterocycles. The van der Waals surface area contributed by atoms with Gasteiger partial charge in [0.15, 0.2) is 0 Å². The highest BCUT2D eigenvalue weighted by Gasteiger charge is 2.28. The summed E-state index contributed by atoms with van der Waals surface area (Å²) in [6.45, 7) is 0.565. The number of methoxy groups -OCH3 is 1. The first-order chi connectivity index (χ1) is 9.83. The van der Waals surface area contributed by atoms with E-state index in [-0.39, 0.29) is 0 Å². The quantitative estimate of drug-likeness (QED) is 0.923. The lowest BCUT2D eigenvalue weighted by atomic mass is 9.91. The van der Waals surface area contributed by atoms with Gasteiger partial charge in [0.1, 0.15) is 5.75 Å². The van der Waals surface area contributed by atoms with Crippen molar-refractivity contribution in [2.45, 2.75) is 12.3 Å². The SMILES string of the molecule is COc1ccc2c(c1)/C(=C/CN)C(c1ccccc1)C2. The Morgan fingerprint density at radius 3 is 2.70 bits per heavy atom. The molecule has 20 heavy (non-hydrogen) atoms. The highest BCUT2D eigenvalue weighted by atomic mass is 16.5. The van der Waals surface area contributed by atoms with Crippen molar-refractivity contribution in [1.82, 2.24) is 0 Å². The average molecular weight is 265 g/mol. The lowest BCUT2D eigenvalue weighted by molar-refractivity contribution is 0.414. The summed E-state index contributed by atoms with van der Waals surface area (Å²) >= 11 is 0. The van der Waals surface area contributed by atoms with Gasteiger partial charge in [-0.05, 0) is 40.8 Å². The maximum Gasteiger partial charge on any atom is 0.119 e. The van der Waals surface area contributed by atoms with Crippen molar-refractivity contribution in [1.29, 1.82) is 0 Å². The van der Waals surface area contributed by atoms with Crippen LogP contribution in [0, 0.1) is 0 Å². The molecule has 102 valence electrons. The summed E-state index contributed by atoms with van der Waals surface area (Å²) in [6, 6.07) is 17.0. The van der Waals surface area contributed by atoms with E-state index >= 15 is 0 Å². The third-order valence-electron chi connectivity index (χ3n) is 3.97. The smallest absolute Gasteiger partial charge is 0.119 e. The molecule has 2 aromatic carbocycles. The van der Waals surface area contributed by atoms with Crippen molar-refractivity contribution in [3.05, 3.63) is 71.3 Å². The van der Waals surface area contributed by atoms with E-state index < -0.39 is 0 Å². The number of hydrogen-bond donors (Lipinski definition) is 1. The van der Waals surface area contributed by atoms with Crippen LogP contribution >= 0.6 is 0 Å². The summed E-state index contributed by atoms with van der Waals surface area (Å²) in [5.41, 5.74) is 11.1. The van der Waals surface area contributed by atoms with Gasteiger partial charge >= 0.3 is 0 Å². The molecule has 2 nitrogen and oxygen atoms in total. The number of benzene rings is 2. The van der Waals surface area contributed by atoms with Crippen LogP contribution in [0.25, 0.3) is 5.57 Å². The van der Waals surface area contributed by atoms with Gasteiger partial charge in [-0.3, -0.25) is 0 Å². The number of nitrogens with two attached hydrogens (primary N) is 1. The minimum Gasteiger partial charge on any atom is -0.497 e. The Morgan fingerprint density at radius 1 is 1.20 bits per heavy atom. The van der Waals surface area contributed by atoms with Gasteiger partial charge in [0.05, 0.1) is 7.11 Å². The molecule has 0 spiro atoms. The molecule has 0 amide bonds. The Labute approximate surface area is 119 Å². The number of ether oxygens (including phenoxy) is 1. The Kier molecular flexibility index (Phi) is 3.57. The van der Waals surface area contributed by atoms with E-state index in [1.165, 1.54) is 22.3 Å². The van der Waals surface area contributed by atoms with Gasteiger partial charge in [-0.15, -0.1) is 0 Å². The second-order valence-electron chi connectivity index (χ2n) is 5.09. The standard InChI is InChI=1S/C18H19NO/c1-20-15-8-7-14-11-17(13-5-3-2-4-6-13)16(9-10-19)18(14)12-15/h2-9,12,17H,10-11,19H2,1H3/b16-9+. The molecule has 0 saturated heterocycles.